The summed E-state index contributed by atoms with van der Waals surface area (Å²) in [5, 5.41) is 110. The predicted molar refractivity (Wildman–Crippen MR) is 190 cm³/mol. The van der Waals surface area contributed by atoms with Crippen LogP contribution in [0.15, 0.2) is 89.3 Å². The molecule has 0 radical (unpaired) electrons. The minimum atomic E-state index is -1.05. The largest absolute Gasteiger partial charge is 0.504 e. The lowest BCUT2D eigenvalue weighted by Crippen LogP contribution is -1.91. The molecule has 1 aromatic heterocycles. The first-order chi connectivity index (χ1) is 24.5. The van der Waals surface area contributed by atoms with E-state index in [1.54, 1.807) is 36.4 Å². The molecule has 250 valence electrons. The number of hydrogen-bond acceptors (Lipinski definition) is 11. The predicted octanol–water partition coefficient (Wildman–Crippen LogP) is 8.54. The minimum Gasteiger partial charge on any atom is -0.504 e. The average Bonchev–Trinajstić information content (AvgIpc) is 3.52. The van der Waals surface area contributed by atoms with Gasteiger partial charge in [-0.1, -0.05) is 66.7 Å². The zero-order valence-corrected chi connectivity index (χ0v) is 26.0. The Morgan fingerprint density at radius 3 is 1.39 bits per heavy atom. The molecule has 9 aromatic rings. The topological polar surface area (TPSA) is 215 Å². The van der Waals surface area contributed by atoms with Crippen molar-refractivity contribution in [2.24, 2.45) is 0 Å². The quantitative estimate of drug-likeness (QED) is 0.0484. The summed E-state index contributed by atoms with van der Waals surface area (Å²) in [6, 6.07) is 25.5. The Labute approximate surface area is 285 Å². The summed E-state index contributed by atoms with van der Waals surface area (Å²) in [5.41, 5.74) is 2.58. The molecule has 0 aliphatic heterocycles. The number of rotatable bonds is 3. The third-order valence-electron chi connectivity index (χ3n) is 9.75. The molecule has 0 fully saturated rings. The lowest BCUT2D eigenvalue weighted by molar-refractivity contribution is 0.330. The zero-order valence-electron chi connectivity index (χ0n) is 26.0. The summed E-state index contributed by atoms with van der Waals surface area (Å²) in [6.45, 7) is 0. The molecule has 11 heteroatoms. The van der Waals surface area contributed by atoms with Crippen LogP contribution >= 0.6 is 0 Å². The third-order valence-corrected chi connectivity index (χ3v) is 9.75. The molecule has 0 aliphatic carbocycles. The fourth-order valence-electron chi connectivity index (χ4n) is 7.36. The van der Waals surface area contributed by atoms with E-state index in [4.69, 9.17) is 4.42 Å². The molecule has 9 rings (SSSR count). The third kappa shape index (κ3) is 3.82. The second-order valence-electron chi connectivity index (χ2n) is 12.4. The van der Waals surface area contributed by atoms with Gasteiger partial charge in [0, 0.05) is 10.8 Å². The molecule has 0 saturated heterocycles. The van der Waals surface area contributed by atoms with E-state index in [2.05, 4.69) is 0 Å². The van der Waals surface area contributed by atoms with Crippen molar-refractivity contribution in [1.82, 2.24) is 0 Å². The van der Waals surface area contributed by atoms with Crippen LogP contribution in [-0.4, -0.2) is 51.1 Å². The van der Waals surface area contributed by atoms with E-state index in [1.165, 1.54) is 0 Å². The Morgan fingerprint density at radius 2 is 0.804 bits per heavy atom. The van der Waals surface area contributed by atoms with Gasteiger partial charge in [0.2, 0.25) is 34.5 Å². The lowest BCUT2D eigenvalue weighted by atomic mass is 9.86. The first-order valence-corrected chi connectivity index (χ1v) is 15.5. The van der Waals surface area contributed by atoms with Gasteiger partial charge in [0.25, 0.3) is 0 Å². The molecule has 0 aliphatic rings. The number of benzene rings is 8. The van der Waals surface area contributed by atoms with E-state index in [0.717, 1.165) is 43.4 Å². The van der Waals surface area contributed by atoms with Crippen molar-refractivity contribution in [3.63, 3.8) is 0 Å². The molecular weight excluding hydrogens is 656 g/mol. The van der Waals surface area contributed by atoms with Crippen LogP contribution in [0.25, 0.3) is 87.6 Å². The summed E-state index contributed by atoms with van der Waals surface area (Å²) in [6.07, 6.45) is 0. The Hall–Kier alpha value is -7.40. The smallest absolute Gasteiger partial charge is 0.208 e. The van der Waals surface area contributed by atoms with Crippen molar-refractivity contribution in [3.05, 3.63) is 84.9 Å². The number of aromatic hydroxyl groups is 10. The van der Waals surface area contributed by atoms with Crippen LogP contribution in [0.2, 0.25) is 0 Å². The normalized spacial score (nSPS) is 11.9. The van der Waals surface area contributed by atoms with Gasteiger partial charge in [-0.05, 0) is 72.8 Å². The second kappa shape index (κ2) is 10.1. The van der Waals surface area contributed by atoms with E-state index < -0.39 is 57.5 Å². The first kappa shape index (κ1) is 29.7. The Morgan fingerprint density at radius 1 is 0.333 bits per heavy atom. The van der Waals surface area contributed by atoms with Gasteiger partial charge in [0.15, 0.2) is 23.0 Å². The zero-order chi connectivity index (χ0) is 35.6. The maximum atomic E-state index is 10.8. The van der Waals surface area contributed by atoms with Crippen LogP contribution < -0.4 is 0 Å². The Balaban J connectivity index is 1.29. The van der Waals surface area contributed by atoms with Crippen LogP contribution in [0.4, 0.5) is 0 Å². The Bertz CT molecular complexity index is 2920. The number of furan rings is 1. The minimum absolute atomic E-state index is 0.203. The van der Waals surface area contributed by atoms with E-state index in [1.807, 2.05) is 48.5 Å². The number of phenols is 10. The van der Waals surface area contributed by atoms with Crippen molar-refractivity contribution < 1.29 is 55.5 Å². The summed E-state index contributed by atoms with van der Waals surface area (Å²) in [5.74, 6) is -9.20. The van der Waals surface area contributed by atoms with Crippen LogP contribution in [0.1, 0.15) is 0 Å². The molecule has 0 atom stereocenters. The maximum Gasteiger partial charge on any atom is 0.208 e. The van der Waals surface area contributed by atoms with Crippen LogP contribution in [0, 0.1) is 0 Å². The van der Waals surface area contributed by atoms with Gasteiger partial charge in [0.05, 0.1) is 11.1 Å². The average molecular weight is 681 g/mol. The molecule has 51 heavy (non-hydrogen) atoms. The summed E-state index contributed by atoms with van der Waals surface area (Å²) in [7, 11) is 0. The van der Waals surface area contributed by atoms with Crippen molar-refractivity contribution in [2.45, 2.75) is 0 Å². The van der Waals surface area contributed by atoms with Gasteiger partial charge in [-0.3, -0.25) is 0 Å². The highest BCUT2D eigenvalue weighted by molar-refractivity contribution is 6.29. The lowest BCUT2D eigenvalue weighted by Gasteiger charge is -2.18. The molecule has 0 amide bonds. The van der Waals surface area contributed by atoms with Gasteiger partial charge in [0.1, 0.15) is 11.2 Å². The summed E-state index contributed by atoms with van der Waals surface area (Å²) >= 11 is 0. The molecule has 0 bridgehead atoms. The molecule has 0 spiro atoms. The van der Waals surface area contributed by atoms with Gasteiger partial charge in [-0.15, -0.1) is 0 Å². The van der Waals surface area contributed by atoms with Gasteiger partial charge < -0.3 is 55.5 Å². The molecule has 10 N–H and O–H groups in total. The first-order valence-electron chi connectivity index (χ1n) is 15.5. The van der Waals surface area contributed by atoms with Crippen LogP contribution in [0.3, 0.4) is 0 Å². The number of fused-ring (bicyclic) bond motifs is 3. The molecule has 0 saturated carbocycles. The number of hydrogen-bond donors (Lipinski definition) is 10. The molecule has 1 heterocycles. The van der Waals surface area contributed by atoms with Crippen molar-refractivity contribution in [3.8, 4) is 90.9 Å². The van der Waals surface area contributed by atoms with Crippen LogP contribution in [-0.2, 0) is 0 Å². The van der Waals surface area contributed by atoms with E-state index >= 15 is 0 Å². The fourth-order valence-corrected chi connectivity index (χ4v) is 7.36. The van der Waals surface area contributed by atoms with Gasteiger partial charge in [-0.2, -0.15) is 0 Å². The van der Waals surface area contributed by atoms with Gasteiger partial charge in [-0.25, -0.2) is 0 Å². The van der Waals surface area contributed by atoms with Crippen molar-refractivity contribution >= 4 is 54.3 Å². The van der Waals surface area contributed by atoms with Crippen molar-refractivity contribution in [2.75, 3.05) is 0 Å². The molecular formula is C40H24O11. The molecule has 0 unspecified atom stereocenters. The standard InChI is InChI=1S/C40H24O11/c41-31-28(32(42)36(46)39(49)35(31)45)17-8-13-23-25(14-17)51-24-3-1-2-19(29(23)24)18-9-4-15-6-11-21-22(12-7-16-5-10-20(18)26(15)27(16)21)30-33(43)37(47)40(50)38(48)34(30)44/h1-14,41-50H. The Kier molecular flexibility index (Phi) is 5.86. The summed E-state index contributed by atoms with van der Waals surface area (Å²) < 4.78 is 6.24. The molecule has 8 aromatic carbocycles. The van der Waals surface area contributed by atoms with E-state index in [0.29, 0.717) is 27.5 Å². The SMILES string of the molecule is Oc1c(O)c(O)c(-c2ccc3c(c2)oc2cccc(-c4ccc5ccc6c(-c7c(O)c(O)c(O)c(O)c7O)ccc7ccc4c5c76)c23)c(O)c1O. The van der Waals surface area contributed by atoms with E-state index in [9.17, 15) is 51.1 Å². The van der Waals surface area contributed by atoms with Gasteiger partial charge >= 0.3 is 0 Å². The maximum absolute atomic E-state index is 10.8. The van der Waals surface area contributed by atoms with Crippen LogP contribution in [0.5, 0.6) is 57.5 Å². The number of phenolic OH excluding ortho intramolecular Hbond substituents is 10. The molecule has 11 nitrogen and oxygen atoms in total. The second-order valence-corrected chi connectivity index (χ2v) is 12.4. The highest BCUT2D eigenvalue weighted by Gasteiger charge is 2.27. The van der Waals surface area contributed by atoms with E-state index in [-0.39, 0.29) is 16.7 Å². The fraction of sp³-hybridized carbons (Fsp3) is 0. The highest BCUT2D eigenvalue weighted by Crippen LogP contribution is 2.57. The highest BCUT2D eigenvalue weighted by atomic mass is 16.4. The monoisotopic (exact) mass is 680 g/mol. The summed E-state index contributed by atoms with van der Waals surface area (Å²) in [4.78, 5) is 0. The van der Waals surface area contributed by atoms with Crippen molar-refractivity contribution in [1.29, 1.82) is 0 Å².